The van der Waals surface area contributed by atoms with Crippen molar-refractivity contribution >= 4 is 21.6 Å². The van der Waals surface area contributed by atoms with Crippen molar-refractivity contribution in [3.05, 3.63) is 53.9 Å². The van der Waals surface area contributed by atoms with E-state index in [4.69, 9.17) is 0 Å². The number of fused-ring (bicyclic) bond motifs is 1. The Balaban J connectivity index is 1.77. The molecule has 1 heterocycles. The molecule has 0 aliphatic carbocycles. The first kappa shape index (κ1) is 14.8. The summed E-state index contributed by atoms with van der Waals surface area (Å²) in [5.74, 6) is 1.59. The molecule has 5 nitrogen and oxygen atoms in total. The summed E-state index contributed by atoms with van der Waals surface area (Å²) in [4.78, 5) is 0. The number of aryl methyl sites for hydroxylation is 1. The second kappa shape index (κ2) is 6.79. The van der Waals surface area contributed by atoms with Gasteiger partial charge in [0, 0.05) is 23.1 Å². The van der Waals surface area contributed by atoms with Crippen molar-refractivity contribution in [3.63, 3.8) is 0 Å². The number of benzene rings is 2. The molecule has 0 saturated heterocycles. The minimum atomic E-state index is -1.03. The van der Waals surface area contributed by atoms with Gasteiger partial charge in [0.05, 0.1) is 5.75 Å². The molecule has 0 radical (unpaired) electrons. The highest BCUT2D eigenvalue weighted by atomic mass is 32.2. The molecule has 1 aromatic heterocycles. The van der Waals surface area contributed by atoms with E-state index >= 15 is 0 Å². The molecule has 0 fully saturated rings. The summed E-state index contributed by atoms with van der Waals surface area (Å²) >= 11 is 0. The van der Waals surface area contributed by atoms with E-state index in [0.29, 0.717) is 17.3 Å². The highest BCUT2D eigenvalue weighted by Crippen LogP contribution is 2.20. The van der Waals surface area contributed by atoms with Gasteiger partial charge in [-0.3, -0.25) is 4.21 Å². The zero-order valence-electron chi connectivity index (χ0n) is 12.5. The SMILES string of the molecule is CCCn1nnnc1C[S@@](=O)Cc1cccc2ccccc12. The zero-order chi connectivity index (χ0) is 15.4. The van der Waals surface area contributed by atoms with Gasteiger partial charge in [-0.2, -0.15) is 0 Å². The first-order chi connectivity index (χ1) is 10.8. The van der Waals surface area contributed by atoms with Crippen molar-refractivity contribution in [2.24, 2.45) is 0 Å². The fourth-order valence-electron chi connectivity index (χ4n) is 2.50. The lowest BCUT2D eigenvalue weighted by Gasteiger charge is -2.07. The quantitative estimate of drug-likeness (QED) is 0.702. The topological polar surface area (TPSA) is 60.7 Å². The van der Waals surface area contributed by atoms with Gasteiger partial charge in [0.15, 0.2) is 5.82 Å². The van der Waals surface area contributed by atoms with Crippen LogP contribution in [0.3, 0.4) is 0 Å². The number of tetrazole rings is 1. The van der Waals surface area contributed by atoms with Gasteiger partial charge in [-0.25, -0.2) is 4.68 Å². The molecule has 3 aromatic rings. The van der Waals surface area contributed by atoms with Gasteiger partial charge in [0.25, 0.3) is 0 Å². The van der Waals surface area contributed by atoms with Crippen LogP contribution in [-0.2, 0) is 28.9 Å². The fourth-order valence-corrected chi connectivity index (χ4v) is 3.69. The van der Waals surface area contributed by atoms with Crippen LogP contribution in [0.1, 0.15) is 24.7 Å². The van der Waals surface area contributed by atoms with Crippen LogP contribution in [0.15, 0.2) is 42.5 Å². The molecular weight excluding hydrogens is 296 g/mol. The third-order valence-corrected chi connectivity index (χ3v) is 4.74. The highest BCUT2D eigenvalue weighted by Gasteiger charge is 2.11. The third-order valence-electron chi connectivity index (χ3n) is 3.53. The molecule has 0 saturated carbocycles. The number of nitrogens with zero attached hydrogens (tertiary/aromatic N) is 4. The van der Waals surface area contributed by atoms with Crippen molar-refractivity contribution in [3.8, 4) is 0 Å². The summed E-state index contributed by atoms with van der Waals surface area (Å²) in [5, 5.41) is 13.9. The van der Waals surface area contributed by atoms with E-state index in [0.717, 1.165) is 23.9 Å². The lowest BCUT2D eigenvalue weighted by Crippen LogP contribution is -2.09. The first-order valence-corrected chi connectivity index (χ1v) is 8.83. The predicted molar refractivity (Wildman–Crippen MR) is 87.6 cm³/mol. The Morgan fingerprint density at radius 3 is 2.77 bits per heavy atom. The number of hydrogen-bond donors (Lipinski definition) is 0. The van der Waals surface area contributed by atoms with Crippen LogP contribution in [0, 0.1) is 0 Å². The van der Waals surface area contributed by atoms with Gasteiger partial charge in [-0.05, 0) is 33.2 Å². The number of rotatable bonds is 6. The first-order valence-electron chi connectivity index (χ1n) is 7.34. The van der Waals surface area contributed by atoms with Crippen molar-refractivity contribution < 1.29 is 4.21 Å². The Morgan fingerprint density at radius 2 is 1.91 bits per heavy atom. The maximum Gasteiger partial charge on any atom is 0.163 e. The van der Waals surface area contributed by atoms with Gasteiger partial charge in [-0.15, -0.1) is 5.10 Å². The van der Waals surface area contributed by atoms with Gasteiger partial charge < -0.3 is 0 Å². The molecule has 0 aliphatic heterocycles. The van der Waals surface area contributed by atoms with E-state index in [1.807, 2.05) is 24.3 Å². The largest absolute Gasteiger partial charge is 0.259 e. The molecule has 0 amide bonds. The number of aromatic nitrogens is 4. The summed E-state index contributed by atoms with van der Waals surface area (Å²) in [6, 6.07) is 14.3. The van der Waals surface area contributed by atoms with E-state index in [1.54, 1.807) is 4.68 Å². The Bertz CT molecular complexity index is 794. The number of hydrogen-bond acceptors (Lipinski definition) is 4. The summed E-state index contributed by atoms with van der Waals surface area (Å²) in [7, 11) is -1.03. The lowest BCUT2D eigenvalue weighted by atomic mass is 10.1. The second-order valence-electron chi connectivity index (χ2n) is 5.19. The fraction of sp³-hybridized carbons (Fsp3) is 0.312. The minimum Gasteiger partial charge on any atom is -0.259 e. The molecule has 3 rings (SSSR count). The summed E-state index contributed by atoms with van der Waals surface area (Å²) < 4.78 is 14.2. The molecule has 0 bridgehead atoms. The molecule has 0 aliphatic rings. The molecule has 114 valence electrons. The maximum absolute atomic E-state index is 12.5. The van der Waals surface area contributed by atoms with Crippen molar-refractivity contribution in [1.82, 2.24) is 20.2 Å². The van der Waals surface area contributed by atoms with Crippen molar-refractivity contribution in [1.29, 1.82) is 0 Å². The smallest absolute Gasteiger partial charge is 0.163 e. The van der Waals surface area contributed by atoms with Crippen molar-refractivity contribution in [2.75, 3.05) is 0 Å². The third kappa shape index (κ3) is 3.22. The van der Waals surface area contributed by atoms with E-state index in [-0.39, 0.29) is 0 Å². The highest BCUT2D eigenvalue weighted by molar-refractivity contribution is 7.83. The molecular formula is C16H18N4OS. The van der Waals surface area contributed by atoms with Crippen LogP contribution in [0.4, 0.5) is 0 Å². The molecule has 0 unspecified atom stereocenters. The maximum atomic E-state index is 12.5. The van der Waals surface area contributed by atoms with Gasteiger partial charge in [0.1, 0.15) is 0 Å². The van der Waals surface area contributed by atoms with E-state index in [1.165, 1.54) is 5.39 Å². The van der Waals surface area contributed by atoms with Gasteiger partial charge >= 0.3 is 0 Å². The average molecular weight is 314 g/mol. The Labute approximate surface area is 131 Å². The summed E-state index contributed by atoms with van der Waals surface area (Å²) in [6.07, 6.45) is 0.952. The summed E-state index contributed by atoms with van der Waals surface area (Å²) in [5.41, 5.74) is 1.10. The molecule has 0 N–H and O–H groups in total. The lowest BCUT2D eigenvalue weighted by molar-refractivity contribution is 0.562. The monoisotopic (exact) mass is 314 g/mol. The van der Waals surface area contributed by atoms with Crippen LogP contribution >= 0.6 is 0 Å². The second-order valence-corrected chi connectivity index (χ2v) is 6.64. The van der Waals surface area contributed by atoms with Crippen LogP contribution in [0.25, 0.3) is 10.8 Å². The normalized spacial score (nSPS) is 12.6. The Hall–Kier alpha value is -2.08. The zero-order valence-corrected chi connectivity index (χ0v) is 13.3. The molecule has 1 atom stereocenters. The van der Waals surface area contributed by atoms with Crippen LogP contribution < -0.4 is 0 Å². The van der Waals surface area contributed by atoms with Crippen LogP contribution in [0.5, 0.6) is 0 Å². The molecule has 22 heavy (non-hydrogen) atoms. The van der Waals surface area contributed by atoms with Gasteiger partial charge in [0.2, 0.25) is 0 Å². The standard InChI is InChI=1S/C16H18N4OS/c1-2-10-20-16(17-18-19-20)12-22(21)11-14-8-5-7-13-6-3-4-9-15(13)14/h3-9H,2,10-12H2,1H3/t22-/m0/s1. The van der Waals surface area contributed by atoms with Crippen LogP contribution in [0.2, 0.25) is 0 Å². The molecule has 6 heteroatoms. The molecule has 2 aromatic carbocycles. The van der Waals surface area contributed by atoms with Gasteiger partial charge in [-0.1, -0.05) is 49.4 Å². The Kier molecular flexibility index (Phi) is 4.58. The van der Waals surface area contributed by atoms with E-state index < -0.39 is 10.8 Å². The van der Waals surface area contributed by atoms with Crippen molar-refractivity contribution in [2.45, 2.75) is 31.4 Å². The Morgan fingerprint density at radius 1 is 1.09 bits per heavy atom. The predicted octanol–water partition coefficient (Wildman–Crippen LogP) is 2.69. The summed E-state index contributed by atoms with van der Waals surface area (Å²) in [6.45, 7) is 2.83. The average Bonchev–Trinajstić information content (AvgIpc) is 2.95. The van der Waals surface area contributed by atoms with E-state index in [9.17, 15) is 4.21 Å². The van der Waals surface area contributed by atoms with E-state index in [2.05, 4.69) is 40.6 Å². The minimum absolute atomic E-state index is 0.385. The van der Waals surface area contributed by atoms with Crippen LogP contribution in [-0.4, -0.2) is 24.4 Å². The molecule has 0 spiro atoms.